The number of ether oxygens (including phenoxy) is 1. The molecule has 0 unspecified atom stereocenters. The number of hydrogen-bond acceptors (Lipinski definition) is 8. The molecule has 1 aromatic carbocycles. The summed E-state index contributed by atoms with van der Waals surface area (Å²) < 4.78 is 7.78. The van der Waals surface area contributed by atoms with E-state index in [0.29, 0.717) is 37.9 Å². The summed E-state index contributed by atoms with van der Waals surface area (Å²) >= 11 is 0. The smallest absolute Gasteiger partial charge is 0.335 e. The Morgan fingerprint density at radius 3 is 2.52 bits per heavy atom. The van der Waals surface area contributed by atoms with Crippen molar-refractivity contribution in [1.29, 1.82) is 0 Å². The number of rotatable bonds is 8. The number of carboxylic acids is 1. The number of carbonyl (C=O) groups is 2. The summed E-state index contributed by atoms with van der Waals surface area (Å²) in [5.41, 5.74) is 2.29. The molecule has 1 aliphatic carbocycles. The van der Waals surface area contributed by atoms with Crippen LogP contribution in [0.15, 0.2) is 30.6 Å². The van der Waals surface area contributed by atoms with Crippen molar-refractivity contribution in [2.45, 2.75) is 63.8 Å². The normalized spacial score (nSPS) is 20.4. The molecule has 0 radical (unpaired) electrons. The lowest BCUT2D eigenvalue weighted by Crippen LogP contribution is -2.48. The molecule has 1 saturated carbocycles. The van der Waals surface area contributed by atoms with Gasteiger partial charge < -0.3 is 24.2 Å². The maximum Gasteiger partial charge on any atom is 0.335 e. The van der Waals surface area contributed by atoms with E-state index >= 15 is 0 Å². The van der Waals surface area contributed by atoms with E-state index in [1.54, 1.807) is 18.2 Å². The first-order valence-corrected chi connectivity index (χ1v) is 14.4. The molecule has 6 rings (SSSR count). The van der Waals surface area contributed by atoms with E-state index in [2.05, 4.69) is 31.4 Å². The fraction of sp³-hybridized carbons (Fsp3) is 0.552. The minimum Gasteiger partial charge on any atom is -0.478 e. The van der Waals surface area contributed by atoms with Gasteiger partial charge in [0.1, 0.15) is 23.7 Å². The Balaban J connectivity index is 1.12. The highest BCUT2D eigenvalue weighted by Crippen LogP contribution is 2.26. The van der Waals surface area contributed by atoms with Crippen LogP contribution < -0.4 is 4.90 Å². The molecule has 2 aromatic heterocycles. The summed E-state index contributed by atoms with van der Waals surface area (Å²) in [6, 6.07) is 7.37. The van der Waals surface area contributed by atoms with Gasteiger partial charge in [0, 0.05) is 51.9 Å². The summed E-state index contributed by atoms with van der Waals surface area (Å²) in [5, 5.41) is 9.49. The average Bonchev–Trinajstić information content (AvgIpc) is 3.30. The average molecular weight is 548 g/mol. The topological polar surface area (TPSA) is 117 Å². The first-order valence-electron chi connectivity index (χ1n) is 14.4. The van der Waals surface area contributed by atoms with Gasteiger partial charge >= 0.3 is 5.97 Å². The van der Waals surface area contributed by atoms with Crippen molar-refractivity contribution in [2.75, 3.05) is 44.7 Å². The highest BCUT2D eigenvalue weighted by molar-refractivity contribution is 5.93. The molecule has 11 heteroatoms. The lowest BCUT2D eigenvalue weighted by molar-refractivity contribution is -0.0592. The van der Waals surface area contributed by atoms with Crippen LogP contribution >= 0.6 is 0 Å². The van der Waals surface area contributed by atoms with Crippen LogP contribution in [0.2, 0.25) is 0 Å². The van der Waals surface area contributed by atoms with E-state index in [9.17, 15) is 14.7 Å². The Morgan fingerprint density at radius 1 is 1.05 bits per heavy atom. The molecule has 2 aliphatic heterocycles. The van der Waals surface area contributed by atoms with Gasteiger partial charge in [0.15, 0.2) is 0 Å². The minimum absolute atomic E-state index is 0.0593. The molecule has 1 amide bonds. The van der Waals surface area contributed by atoms with Crippen LogP contribution in [-0.2, 0) is 17.8 Å². The minimum atomic E-state index is -0.951. The van der Waals surface area contributed by atoms with Crippen molar-refractivity contribution in [1.82, 2.24) is 29.3 Å². The maximum absolute atomic E-state index is 13.4. The van der Waals surface area contributed by atoms with Crippen molar-refractivity contribution < 1.29 is 19.4 Å². The first kappa shape index (κ1) is 26.6. The zero-order valence-electron chi connectivity index (χ0n) is 23.0. The molecule has 3 aliphatic rings. The molecule has 11 nitrogen and oxygen atoms in total. The van der Waals surface area contributed by atoms with Crippen LogP contribution in [0.1, 0.15) is 65.2 Å². The first-order chi connectivity index (χ1) is 19.5. The number of amides is 1. The summed E-state index contributed by atoms with van der Waals surface area (Å²) in [7, 11) is 2.07. The molecule has 0 bridgehead atoms. The molecule has 3 fully saturated rings. The van der Waals surface area contributed by atoms with Gasteiger partial charge in [-0.3, -0.25) is 9.69 Å². The van der Waals surface area contributed by atoms with Gasteiger partial charge in [-0.25, -0.2) is 19.7 Å². The van der Waals surface area contributed by atoms with Crippen LogP contribution in [0.3, 0.4) is 0 Å². The summed E-state index contributed by atoms with van der Waals surface area (Å²) in [5.74, 6) is 0.688. The van der Waals surface area contributed by atoms with E-state index in [1.807, 2.05) is 11.0 Å². The van der Waals surface area contributed by atoms with E-state index < -0.39 is 5.97 Å². The Kier molecular flexibility index (Phi) is 7.66. The fourth-order valence-electron chi connectivity index (χ4n) is 6.05. The molecular weight excluding hydrogens is 510 g/mol. The second kappa shape index (κ2) is 11.5. The number of aromatic nitrogens is 4. The van der Waals surface area contributed by atoms with Gasteiger partial charge in [-0.1, -0.05) is 19.3 Å². The van der Waals surface area contributed by atoms with Gasteiger partial charge in [0.05, 0.1) is 35.8 Å². The van der Waals surface area contributed by atoms with E-state index in [0.717, 1.165) is 61.6 Å². The number of imidazole rings is 1. The molecule has 2 saturated heterocycles. The fourth-order valence-corrected chi connectivity index (χ4v) is 6.05. The Bertz CT molecular complexity index is 1370. The van der Waals surface area contributed by atoms with Crippen molar-refractivity contribution in [3.05, 3.63) is 47.7 Å². The SMILES string of the molecule is CN(c1cc(C(=O)N2CCN(Cc3nc4ccc(C(=O)O)cc4n3C[C@@H]3CCO3)CC2)ncn1)C1CCCCC1. The van der Waals surface area contributed by atoms with Crippen molar-refractivity contribution in [3.63, 3.8) is 0 Å². The molecule has 0 spiro atoms. The number of anilines is 1. The second-order valence-corrected chi connectivity index (χ2v) is 11.2. The number of nitrogens with zero attached hydrogens (tertiary/aromatic N) is 7. The molecule has 1 atom stereocenters. The van der Waals surface area contributed by atoms with Gasteiger partial charge in [-0.15, -0.1) is 0 Å². The Hall–Kier alpha value is -3.57. The van der Waals surface area contributed by atoms with Gasteiger partial charge in [0.25, 0.3) is 5.91 Å². The van der Waals surface area contributed by atoms with Gasteiger partial charge in [0.2, 0.25) is 0 Å². The predicted molar refractivity (Wildman–Crippen MR) is 150 cm³/mol. The van der Waals surface area contributed by atoms with Crippen molar-refractivity contribution in [3.8, 4) is 0 Å². The number of aromatic carboxylic acids is 1. The number of benzene rings is 1. The van der Waals surface area contributed by atoms with E-state index in [4.69, 9.17) is 9.72 Å². The highest BCUT2D eigenvalue weighted by atomic mass is 16.5. The lowest BCUT2D eigenvalue weighted by Gasteiger charge is -2.35. The van der Waals surface area contributed by atoms with E-state index in [1.165, 1.54) is 25.6 Å². The third-order valence-electron chi connectivity index (χ3n) is 8.63. The molecule has 4 heterocycles. The molecule has 212 valence electrons. The second-order valence-electron chi connectivity index (χ2n) is 11.2. The number of piperazine rings is 1. The molecule has 3 aromatic rings. The lowest BCUT2D eigenvalue weighted by atomic mass is 9.94. The zero-order chi connectivity index (χ0) is 27.6. The number of carboxylic acid groups (broad SMARTS) is 1. The Morgan fingerprint density at radius 2 is 1.82 bits per heavy atom. The number of fused-ring (bicyclic) bond motifs is 1. The van der Waals surface area contributed by atoms with Crippen molar-refractivity contribution in [2.24, 2.45) is 0 Å². The third-order valence-corrected chi connectivity index (χ3v) is 8.63. The molecule has 40 heavy (non-hydrogen) atoms. The monoisotopic (exact) mass is 547 g/mol. The number of hydrogen-bond donors (Lipinski definition) is 1. The largest absolute Gasteiger partial charge is 0.478 e. The highest BCUT2D eigenvalue weighted by Gasteiger charge is 2.27. The van der Waals surface area contributed by atoms with Crippen LogP contribution in [0.5, 0.6) is 0 Å². The van der Waals surface area contributed by atoms with Crippen LogP contribution in [0.25, 0.3) is 11.0 Å². The quantitative estimate of drug-likeness (QED) is 0.454. The molecule has 1 N–H and O–H groups in total. The van der Waals surface area contributed by atoms with Crippen molar-refractivity contribution >= 4 is 28.7 Å². The zero-order valence-corrected chi connectivity index (χ0v) is 23.0. The van der Waals surface area contributed by atoms with Crippen LogP contribution in [0.4, 0.5) is 5.82 Å². The summed E-state index contributed by atoms with van der Waals surface area (Å²) in [6.45, 7) is 4.67. The predicted octanol–water partition coefficient (Wildman–Crippen LogP) is 3.04. The van der Waals surface area contributed by atoms with E-state index in [-0.39, 0.29) is 17.6 Å². The summed E-state index contributed by atoms with van der Waals surface area (Å²) in [4.78, 5) is 44.9. The van der Waals surface area contributed by atoms with Crippen LogP contribution in [-0.4, -0.2) is 98.3 Å². The third kappa shape index (κ3) is 5.53. The maximum atomic E-state index is 13.4. The van der Waals surface area contributed by atoms with Gasteiger partial charge in [-0.05, 0) is 37.5 Å². The van der Waals surface area contributed by atoms with Gasteiger partial charge in [-0.2, -0.15) is 0 Å². The van der Waals surface area contributed by atoms with Crippen LogP contribution in [0, 0.1) is 0 Å². The molecular formula is C29H37N7O4. The Labute approximate surface area is 233 Å². The standard InChI is InChI=1S/C29H37N7O4/c1-33(21-5-3-2-4-6-21)26-16-24(30-19-31-26)28(37)35-12-10-34(11-13-35)18-27-32-23-8-7-20(29(38)39)15-25(23)36(27)17-22-9-14-40-22/h7-8,15-16,19,21-22H,2-6,9-14,17-18H2,1H3,(H,38,39)/t22-/m0/s1. The number of carbonyl (C=O) groups excluding carboxylic acids is 1. The summed E-state index contributed by atoms with van der Waals surface area (Å²) in [6.07, 6.45) is 8.71.